The second kappa shape index (κ2) is 10.1. The number of amides is 1. The molecule has 4 heterocycles. The Morgan fingerprint density at radius 1 is 1.17 bits per heavy atom. The van der Waals surface area contributed by atoms with Gasteiger partial charge in [0.25, 0.3) is 5.91 Å². The number of nitrogens with zero attached hydrogens (tertiary/aromatic N) is 3. The average Bonchev–Trinajstić information content (AvgIpc) is 2.87. The Morgan fingerprint density at radius 2 is 1.89 bits per heavy atom. The van der Waals surface area contributed by atoms with Crippen LogP contribution in [0.5, 0.6) is 5.75 Å². The first kappa shape index (κ1) is 24.5. The summed E-state index contributed by atoms with van der Waals surface area (Å²) in [4.78, 5) is 22.5. The van der Waals surface area contributed by atoms with E-state index in [9.17, 15) is 4.79 Å². The van der Waals surface area contributed by atoms with Crippen LogP contribution in [0.15, 0.2) is 23.4 Å². The zero-order valence-electron chi connectivity index (χ0n) is 21.2. The minimum atomic E-state index is -1.74. The van der Waals surface area contributed by atoms with Gasteiger partial charge in [-0.1, -0.05) is 16.8 Å². The van der Waals surface area contributed by atoms with Gasteiger partial charge in [0, 0.05) is 70.4 Å². The van der Waals surface area contributed by atoms with Crippen LogP contribution in [0.4, 0.5) is 4.39 Å². The van der Waals surface area contributed by atoms with Crippen molar-refractivity contribution < 1.29 is 18.8 Å². The van der Waals surface area contributed by atoms with E-state index in [4.69, 9.17) is 9.57 Å². The largest absolute Gasteiger partial charge is 0.486 e. The van der Waals surface area contributed by atoms with Crippen molar-refractivity contribution in [3.05, 3.63) is 29.3 Å². The van der Waals surface area contributed by atoms with Crippen molar-refractivity contribution in [1.82, 2.24) is 15.1 Å². The second-order valence-electron chi connectivity index (χ2n) is 10.9. The van der Waals surface area contributed by atoms with Crippen LogP contribution in [0.2, 0.25) is 0 Å². The molecule has 7 nitrogen and oxygen atoms in total. The molecule has 35 heavy (non-hydrogen) atoms. The summed E-state index contributed by atoms with van der Waals surface area (Å²) >= 11 is 0. The van der Waals surface area contributed by atoms with Crippen LogP contribution < -0.4 is 10.1 Å². The quantitative estimate of drug-likeness (QED) is 0.662. The summed E-state index contributed by atoms with van der Waals surface area (Å²) in [6.45, 7) is 7.57. The van der Waals surface area contributed by atoms with Crippen molar-refractivity contribution in [2.75, 3.05) is 52.9 Å². The number of ether oxygens (including phenoxy) is 1. The monoisotopic (exact) mass is 486 g/mol. The van der Waals surface area contributed by atoms with E-state index in [-0.39, 0.29) is 5.91 Å². The molecular formula is C27H39FN4O3. The molecule has 8 heteroatoms. The lowest BCUT2D eigenvalue weighted by Crippen LogP contribution is -2.58. The number of halogens is 1. The lowest BCUT2D eigenvalue weighted by molar-refractivity contribution is -0.151. The van der Waals surface area contributed by atoms with E-state index in [1.54, 1.807) is 12.0 Å². The van der Waals surface area contributed by atoms with Crippen LogP contribution in [0.25, 0.3) is 0 Å². The fraction of sp³-hybridized carbons (Fsp3) is 0.704. The first-order valence-electron chi connectivity index (χ1n) is 13.2. The molecule has 0 atom stereocenters. The third-order valence-corrected chi connectivity index (χ3v) is 8.43. The number of rotatable bonds is 4. The number of benzene rings is 1. The molecule has 0 radical (unpaired) electrons. The maximum absolute atomic E-state index is 15.8. The van der Waals surface area contributed by atoms with Gasteiger partial charge in [0.15, 0.2) is 5.67 Å². The van der Waals surface area contributed by atoms with Crippen LogP contribution >= 0.6 is 0 Å². The fourth-order valence-electron chi connectivity index (χ4n) is 6.23. The highest BCUT2D eigenvalue weighted by Crippen LogP contribution is 2.41. The maximum Gasteiger partial charge on any atom is 0.260 e. The second-order valence-corrected chi connectivity index (χ2v) is 10.9. The molecule has 192 valence electrons. The maximum atomic E-state index is 15.8. The Kier molecular flexibility index (Phi) is 7.04. The molecule has 0 saturated carbocycles. The normalized spacial score (nSPS) is 25.8. The molecule has 0 aliphatic carbocycles. The van der Waals surface area contributed by atoms with E-state index < -0.39 is 11.3 Å². The van der Waals surface area contributed by atoms with Crippen molar-refractivity contribution in [3.8, 4) is 5.75 Å². The number of nitrogens with one attached hydrogen (secondary N) is 1. The number of aryl methyl sites for hydroxylation is 1. The van der Waals surface area contributed by atoms with E-state index in [1.807, 2.05) is 19.1 Å². The number of likely N-dealkylation sites (tertiary alicyclic amines) is 2. The first-order valence-corrected chi connectivity index (χ1v) is 13.2. The van der Waals surface area contributed by atoms with E-state index in [0.29, 0.717) is 64.2 Å². The van der Waals surface area contributed by atoms with Gasteiger partial charge >= 0.3 is 0 Å². The lowest BCUT2D eigenvalue weighted by Gasteiger charge is -2.46. The number of hydrogen-bond donors (Lipinski definition) is 1. The molecule has 3 saturated heterocycles. The van der Waals surface area contributed by atoms with Gasteiger partial charge in [0.2, 0.25) is 0 Å². The SMILES string of the molecule is CO/N=C1\CC2(CCN(C(=O)C3(F)CCN(CC4CCNCC4)CC3)CC2)Oc2ccc(C)cc21. The van der Waals surface area contributed by atoms with Gasteiger partial charge < -0.3 is 24.7 Å². The standard InChI is InChI=1S/C27H39FN4O3/c1-20-3-4-24-22(17-20)23(30-34-2)18-26(35-24)7-15-32(16-8-26)25(33)27(28)9-13-31(14-10-27)19-21-5-11-29-12-6-21/h3-4,17,21,29H,5-16,18-19H2,1-2H3/b30-23+. The number of carbonyl (C=O) groups is 1. The molecule has 4 aliphatic heterocycles. The first-order chi connectivity index (χ1) is 16.9. The molecule has 4 aliphatic rings. The highest BCUT2D eigenvalue weighted by Gasteiger charge is 2.48. The molecule has 5 rings (SSSR count). The summed E-state index contributed by atoms with van der Waals surface area (Å²) in [5, 5.41) is 7.69. The Bertz CT molecular complexity index is 946. The van der Waals surface area contributed by atoms with Crippen LogP contribution in [-0.4, -0.2) is 85.6 Å². The number of oxime groups is 1. The van der Waals surface area contributed by atoms with Crippen molar-refractivity contribution in [3.63, 3.8) is 0 Å². The molecule has 0 aromatic heterocycles. The summed E-state index contributed by atoms with van der Waals surface area (Å²) < 4.78 is 22.3. The van der Waals surface area contributed by atoms with Gasteiger partial charge in [-0.2, -0.15) is 0 Å². The van der Waals surface area contributed by atoms with E-state index >= 15 is 4.39 Å². The Labute approximate surface area is 208 Å². The lowest BCUT2D eigenvalue weighted by atomic mass is 9.81. The molecule has 3 fully saturated rings. The smallest absolute Gasteiger partial charge is 0.260 e. The predicted molar refractivity (Wildman–Crippen MR) is 134 cm³/mol. The summed E-state index contributed by atoms with van der Waals surface area (Å²) in [6.07, 6.45) is 4.92. The average molecular weight is 487 g/mol. The van der Waals surface area contributed by atoms with Crippen molar-refractivity contribution >= 4 is 11.6 Å². The fourth-order valence-corrected chi connectivity index (χ4v) is 6.23. The Balaban J connectivity index is 1.18. The van der Waals surface area contributed by atoms with Crippen LogP contribution in [-0.2, 0) is 9.63 Å². The topological polar surface area (TPSA) is 66.4 Å². The summed E-state index contributed by atoms with van der Waals surface area (Å²) in [7, 11) is 1.56. The van der Waals surface area contributed by atoms with Gasteiger partial charge in [-0.05, 0) is 50.9 Å². The van der Waals surface area contributed by atoms with Crippen molar-refractivity contribution in [2.24, 2.45) is 11.1 Å². The zero-order valence-corrected chi connectivity index (χ0v) is 21.2. The molecule has 0 bridgehead atoms. The third-order valence-electron chi connectivity index (χ3n) is 8.43. The summed E-state index contributed by atoms with van der Waals surface area (Å²) in [6, 6.07) is 6.09. The van der Waals surface area contributed by atoms with Crippen LogP contribution in [0.3, 0.4) is 0 Å². The van der Waals surface area contributed by atoms with Gasteiger partial charge in [-0.15, -0.1) is 0 Å². The zero-order chi connectivity index (χ0) is 24.5. The van der Waals surface area contributed by atoms with E-state index in [1.165, 1.54) is 12.8 Å². The third kappa shape index (κ3) is 5.19. The molecule has 1 aromatic rings. The number of piperidine rings is 3. The molecule has 1 amide bonds. The summed E-state index contributed by atoms with van der Waals surface area (Å²) in [5.74, 6) is 1.17. The molecule has 1 N–H and O–H groups in total. The highest BCUT2D eigenvalue weighted by molar-refractivity contribution is 6.04. The number of carbonyl (C=O) groups excluding carboxylic acids is 1. The highest BCUT2D eigenvalue weighted by atomic mass is 19.1. The van der Waals surface area contributed by atoms with Crippen LogP contribution in [0.1, 0.15) is 56.1 Å². The van der Waals surface area contributed by atoms with Gasteiger partial charge in [0.05, 0.1) is 5.71 Å². The van der Waals surface area contributed by atoms with Crippen molar-refractivity contribution in [2.45, 2.75) is 63.1 Å². The van der Waals surface area contributed by atoms with Gasteiger partial charge in [0.1, 0.15) is 18.5 Å². The predicted octanol–water partition coefficient (Wildman–Crippen LogP) is 3.29. The molecular weight excluding hydrogens is 447 g/mol. The van der Waals surface area contributed by atoms with Crippen LogP contribution in [0, 0.1) is 12.8 Å². The minimum Gasteiger partial charge on any atom is -0.486 e. The number of hydrogen-bond acceptors (Lipinski definition) is 6. The number of alkyl halides is 1. The molecule has 1 spiro atoms. The molecule has 0 unspecified atom stereocenters. The van der Waals surface area contributed by atoms with Gasteiger partial charge in [-0.3, -0.25) is 4.79 Å². The van der Waals surface area contributed by atoms with Gasteiger partial charge in [-0.25, -0.2) is 4.39 Å². The Morgan fingerprint density at radius 3 is 2.57 bits per heavy atom. The minimum absolute atomic E-state index is 0.298. The van der Waals surface area contributed by atoms with E-state index in [0.717, 1.165) is 42.2 Å². The molecule has 1 aromatic carbocycles. The number of fused-ring (bicyclic) bond motifs is 1. The summed E-state index contributed by atoms with van der Waals surface area (Å²) in [5.41, 5.74) is 0.811. The Hall–Kier alpha value is -2.19. The van der Waals surface area contributed by atoms with Crippen molar-refractivity contribution in [1.29, 1.82) is 0 Å². The van der Waals surface area contributed by atoms with E-state index in [2.05, 4.69) is 21.4 Å².